The minimum absolute atomic E-state index is 0.554. The van der Waals surface area contributed by atoms with Gasteiger partial charge in [0.05, 0.1) is 5.69 Å². The van der Waals surface area contributed by atoms with Gasteiger partial charge in [0, 0.05) is 23.0 Å². The number of aryl methyl sites for hydroxylation is 3. The second kappa shape index (κ2) is 6.16. The first-order chi connectivity index (χ1) is 10.1. The Morgan fingerprint density at radius 2 is 2.10 bits per heavy atom. The number of thiazole rings is 1. The molecule has 1 aromatic carbocycles. The maximum atomic E-state index is 6.01. The van der Waals surface area contributed by atoms with Crippen molar-refractivity contribution in [2.75, 3.05) is 0 Å². The molecule has 2 aromatic rings. The minimum atomic E-state index is 0.554. The van der Waals surface area contributed by atoms with Crippen LogP contribution in [-0.2, 0) is 13.2 Å². The van der Waals surface area contributed by atoms with Gasteiger partial charge in [-0.3, -0.25) is 0 Å². The molecule has 1 heterocycles. The van der Waals surface area contributed by atoms with Crippen LogP contribution in [0.25, 0.3) is 0 Å². The van der Waals surface area contributed by atoms with Crippen LogP contribution < -0.4 is 10.1 Å². The molecule has 1 aliphatic carbocycles. The van der Waals surface area contributed by atoms with Crippen molar-refractivity contribution >= 4 is 11.3 Å². The van der Waals surface area contributed by atoms with Gasteiger partial charge in [-0.25, -0.2) is 4.98 Å². The zero-order valence-corrected chi connectivity index (χ0v) is 13.7. The van der Waals surface area contributed by atoms with E-state index in [2.05, 4.69) is 42.3 Å². The molecule has 4 heteroatoms. The fourth-order valence-electron chi connectivity index (χ4n) is 2.27. The average molecular weight is 302 g/mol. The number of ether oxygens (including phenoxy) is 1. The third kappa shape index (κ3) is 3.83. The van der Waals surface area contributed by atoms with Crippen molar-refractivity contribution in [2.45, 2.75) is 52.8 Å². The van der Waals surface area contributed by atoms with E-state index in [1.807, 2.05) is 6.92 Å². The molecule has 1 aliphatic rings. The summed E-state index contributed by atoms with van der Waals surface area (Å²) in [4.78, 5) is 5.81. The fraction of sp³-hybridized carbons (Fsp3) is 0.471. The molecule has 112 valence electrons. The molecule has 1 aromatic heterocycles. The number of nitrogens with zero attached hydrogens (tertiary/aromatic N) is 1. The first-order valence-corrected chi connectivity index (χ1v) is 8.32. The Balaban J connectivity index is 1.67. The van der Waals surface area contributed by atoms with Crippen LogP contribution in [0.3, 0.4) is 0 Å². The van der Waals surface area contributed by atoms with Gasteiger partial charge in [0.2, 0.25) is 0 Å². The van der Waals surface area contributed by atoms with Gasteiger partial charge < -0.3 is 10.1 Å². The highest BCUT2D eigenvalue weighted by Crippen LogP contribution is 2.25. The summed E-state index contributed by atoms with van der Waals surface area (Å²) in [5, 5.41) is 4.61. The molecule has 1 N–H and O–H groups in total. The second-order valence-corrected chi connectivity index (χ2v) is 7.09. The standard InChI is InChI=1S/C17H22N2OS/c1-11-4-7-16(14(8-11)9-18-15-5-6-15)20-10-17-19-12(2)13(3)21-17/h4,7-8,15,18H,5-6,9-10H2,1-3H3. The molecule has 0 amide bonds. The van der Waals surface area contributed by atoms with Crippen LogP contribution in [-0.4, -0.2) is 11.0 Å². The molecule has 1 fully saturated rings. The summed E-state index contributed by atoms with van der Waals surface area (Å²) < 4.78 is 6.01. The van der Waals surface area contributed by atoms with Crippen LogP contribution in [0.2, 0.25) is 0 Å². The lowest BCUT2D eigenvalue weighted by atomic mass is 10.1. The van der Waals surface area contributed by atoms with E-state index in [9.17, 15) is 0 Å². The molecule has 3 nitrogen and oxygen atoms in total. The Morgan fingerprint density at radius 3 is 2.76 bits per heavy atom. The molecule has 0 radical (unpaired) electrons. The maximum Gasteiger partial charge on any atom is 0.140 e. The quantitative estimate of drug-likeness (QED) is 0.879. The Morgan fingerprint density at radius 1 is 1.29 bits per heavy atom. The summed E-state index contributed by atoms with van der Waals surface area (Å²) in [6, 6.07) is 7.10. The topological polar surface area (TPSA) is 34.1 Å². The van der Waals surface area contributed by atoms with E-state index in [-0.39, 0.29) is 0 Å². The molecule has 0 unspecified atom stereocenters. The van der Waals surface area contributed by atoms with Crippen molar-refractivity contribution in [2.24, 2.45) is 0 Å². The summed E-state index contributed by atoms with van der Waals surface area (Å²) in [6.07, 6.45) is 2.61. The van der Waals surface area contributed by atoms with Crippen molar-refractivity contribution in [1.29, 1.82) is 0 Å². The molecule has 0 bridgehead atoms. The van der Waals surface area contributed by atoms with Crippen molar-refractivity contribution in [1.82, 2.24) is 10.3 Å². The predicted molar refractivity (Wildman–Crippen MR) is 87.0 cm³/mol. The number of nitrogens with one attached hydrogen (secondary N) is 1. The third-order valence-corrected chi connectivity index (χ3v) is 4.84. The minimum Gasteiger partial charge on any atom is -0.486 e. The molecule has 0 atom stereocenters. The van der Waals surface area contributed by atoms with Crippen LogP contribution >= 0.6 is 11.3 Å². The molecule has 3 rings (SSSR count). The molecule has 21 heavy (non-hydrogen) atoms. The lowest BCUT2D eigenvalue weighted by Crippen LogP contribution is -2.16. The predicted octanol–water partition coefficient (Wildman–Crippen LogP) is 3.90. The SMILES string of the molecule is Cc1ccc(OCc2nc(C)c(C)s2)c(CNC2CC2)c1. The number of rotatable bonds is 6. The largest absolute Gasteiger partial charge is 0.486 e. The molecule has 0 spiro atoms. The van der Waals surface area contributed by atoms with E-state index in [4.69, 9.17) is 4.74 Å². The first-order valence-electron chi connectivity index (χ1n) is 7.50. The molecular weight excluding hydrogens is 280 g/mol. The van der Waals surface area contributed by atoms with Gasteiger partial charge in [0.25, 0.3) is 0 Å². The van der Waals surface area contributed by atoms with Crippen LogP contribution in [0, 0.1) is 20.8 Å². The van der Waals surface area contributed by atoms with E-state index in [1.54, 1.807) is 11.3 Å². The Labute approximate surface area is 130 Å². The first kappa shape index (κ1) is 14.5. The van der Waals surface area contributed by atoms with Crippen LogP contribution in [0.4, 0.5) is 0 Å². The van der Waals surface area contributed by atoms with Crippen LogP contribution in [0.15, 0.2) is 18.2 Å². The maximum absolute atomic E-state index is 6.01. The van der Waals surface area contributed by atoms with Gasteiger partial charge in [-0.15, -0.1) is 11.3 Å². The smallest absolute Gasteiger partial charge is 0.140 e. The Kier molecular flexibility index (Phi) is 4.27. The van der Waals surface area contributed by atoms with E-state index in [0.29, 0.717) is 12.6 Å². The van der Waals surface area contributed by atoms with Gasteiger partial charge in [0.1, 0.15) is 17.4 Å². The monoisotopic (exact) mass is 302 g/mol. The van der Waals surface area contributed by atoms with Crippen LogP contribution in [0.1, 0.15) is 39.5 Å². The van der Waals surface area contributed by atoms with Crippen molar-refractivity contribution in [3.8, 4) is 5.75 Å². The van der Waals surface area contributed by atoms with Crippen molar-refractivity contribution in [3.63, 3.8) is 0 Å². The Bertz CT molecular complexity index is 612. The third-order valence-electron chi connectivity index (χ3n) is 3.80. The zero-order valence-electron chi connectivity index (χ0n) is 12.9. The molecule has 1 saturated carbocycles. The van der Waals surface area contributed by atoms with Gasteiger partial charge in [-0.2, -0.15) is 0 Å². The van der Waals surface area contributed by atoms with E-state index < -0.39 is 0 Å². The molecular formula is C17H22N2OS. The summed E-state index contributed by atoms with van der Waals surface area (Å²) in [6.45, 7) is 7.72. The van der Waals surface area contributed by atoms with E-state index in [1.165, 1.54) is 28.8 Å². The van der Waals surface area contributed by atoms with Crippen molar-refractivity contribution < 1.29 is 4.74 Å². The summed E-state index contributed by atoms with van der Waals surface area (Å²) in [5.74, 6) is 0.972. The van der Waals surface area contributed by atoms with Gasteiger partial charge in [-0.1, -0.05) is 17.7 Å². The summed E-state index contributed by atoms with van der Waals surface area (Å²) in [5.41, 5.74) is 3.63. The lowest BCUT2D eigenvalue weighted by molar-refractivity contribution is 0.301. The Hall–Kier alpha value is -1.39. The number of aromatic nitrogens is 1. The number of hydrogen-bond acceptors (Lipinski definition) is 4. The average Bonchev–Trinajstić information content (AvgIpc) is 3.22. The highest BCUT2D eigenvalue weighted by atomic mass is 32.1. The van der Waals surface area contributed by atoms with Gasteiger partial charge >= 0.3 is 0 Å². The fourth-order valence-corrected chi connectivity index (χ4v) is 3.12. The highest BCUT2D eigenvalue weighted by molar-refractivity contribution is 7.11. The van der Waals surface area contributed by atoms with E-state index >= 15 is 0 Å². The molecule has 0 aliphatic heterocycles. The summed E-state index contributed by atoms with van der Waals surface area (Å²) >= 11 is 1.72. The number of benzene rings is 1. The lowest BCUT2D eigenvalue weighted by Gasteiger charge is -2.12. The molecule has 0 saturated heterocycles. The number of hydrogen-bond donors (Lipinski definition) is 1. The van der Waals surface area contributed by atoms with Gasteiger partial charge in [0.15, 0.2) is 0 Å². The van der Waals surface area contributed by atoms with Crippen LogP contribution in [0.5, 0.6) is 5.75 Å². The highest BCUT2D eigenvalue weighted by Gasteiger charge is 2.20. The normalized spacial score (nSPS) is 14.4. The van der Waals surface area contributed by atoms with E-state index in [0.717, 1.165) is 23.0 Å². The van der Waals surface area contributed by atoms with Crippen molar-refractivity contribution in [3.05, 3.63) is 44.9 Å². The second-order valence-electron chi connectivity index (χ2n) is 5.80. The zero-order chi connectivity index (χ0) is 14.8. The van der Waals surface area contributed by atoms with Gasteiger partial charge in [-0.05, 0) is 39.7 Å². The summed E-state index contributed by atoms with van der Waals surface area (Å²) in [7, 11) is 0.